The standard InChI is InChI=1S/C12H23N3O3/c1-8(2)15-11(16)5-6-14-12(17)10-4-3-9(7-13)18-10/h8-10H,3-7,13H2,1-2H3,(H,14,17)(H,15,16)/t9-,10+/m1/s1. The Kier molecular flexibility index (Phi) is 6.07. The second-order valence-corrected chi connectivity index (χ2v) is 4.82. The molecule has 0 aromatic rings. The summed E-state index contributed by atoms with van der Waals surface area (Å²) >= 11 is 0. The Morgan fingerprint density at radius 1 is 1.39 bits per heavy atom. The summed E-state index contributed by atoms with van der Waals surface area (Å²) in [6, 6.07) is 0.122. The van der Waals surface area contributed by atoms with Crippen molar-refractivity contribution in [2.75, 3.05) is 13.1 Å². The summed E-state index contributed by atoms with van der Waals surface area (Å²) < 4.78 is 5.46. The van der Waals surface area contributed by atoms with Crippen molar-refractivity contribution in [1.29, 1.82) is 0 Å². The lowest BCUT2D eigenvalue weighted by molar-refractivity contribution is -0.131. The van der Waals surface area contributed by atoms with Crippen LogP contribution in [0.1, 0.15) is 33.1 Å². The van der Waals surface area contributed by atoms with Gasteiger partial charge in [0.05, 0.1) is 6.10 Å². The van der Waals surface area contributed by atoms with Gasteiger partial charge in [-0.3, -0.25) is 9.59 Å². The number of hydrogen-bond acceptors (Lipinski definition) is 4. The largest absolute Gasteiger partial charge is 0.364 e. The first kappa shape index (κ1) is 14.9. The first-order valence-corrected chi connectivity index (χ1v) is 6.45. The van der Waals surface area contributed by atoms with Crippen molar-refractivity contribution < 1.29 is 14.3 Å². The molecule has 4 N–H and O–H groups in total. The zero-order chi connectivity index (χ0) is 13.5. The number of nitrogens with one attached hydrogen (secondary N) is 2. The summed E-state index contributed by atoms with van der Waals surface area (Å²) in [7, 11) is 0. The molecule has 1 aliphatic rings. The Labute approximate surface area is 108 Å². The molecule has 0 aromatic heterocycles. The molecule has 2 atom stereocenters. The molecular weight excluding hydrogens is 234 g/mol. The lowest BCUT2D eigenvalue weighted by Gasteiger charge is -2.13. The van der Waals surface area contributed by atoms with E-state index in [-0.39, 0.29) is 30.4 Å². The number of rotatable bonds is 6. The van der Waals surface area contributed by atoms with E-state index in [0.717, 1.165) is 6.42 Å². The van der Waals surface area contributed by atoms with Gasteiger partial charge in [0.15, 0.2) is 0 Å². The lowest BCUT2D eigenvalue weighted by Crippen LogP contribution is -2.38. The molecule has 18 heavy (non-hydrogen) atoms. The SMILES string of the molecule is CC(C)NC(=O)CCNC(=O)[C@@H]1CC[C@H](CN)O1. The van der Waals surface area contributed by atoms with Gasteiger partial charge in [0.25, 0.3) is 0 Å². The average molecular weight is 257 g/mol. The van der Waals surface area contributed by atoms with E-state index < -0.39 is 6.10 Å². The second kappa shape index (κ2) is 7.33. The Bertz CT molecular complexity index is 294. The fourth-order valence-electron chi connectivity index (χ4n) is 1.88. The minimum absolute atomic E-state index is 0.00927. The van der Waals surface area contributed by atoms with Crippen LogP contribution < -0.4 is 16.4 Å². The van der Waals surface area contributed by atoms with Gasteiger partial charge in [-0.05, 0) is 26.7 Å². The van der Waals surface area contributed by atoms with Crippen molar-refractivity contribution in [1.82, 2.24) is 10.6 Å². The third kappa shape index (κ3) is 5.01. The fraction of sp³-hybridized carbons (Fsp3) is 0.833. The number of amides is 2. The number of nitrogens with two attached hydrogens (primary N) is 1. The molecule has 104 valence electrons. The van der Waals surface area contributed by atoms with Gasteiger partial charge in [-0.1, -0.05) is 0 Å². The van der Waals surface area contributed by atoms with Crippen LogP contribution in [-0.4, -0.2) is 43.2 Å². The van der Waals surface area contributed by atoms with E-state index in [1.807, 2.05) is 13.8 Å². The van der Waals surface area contributed by atoms with Gasteiger partial charge in [0.2, 0.25) is 11.8 Å². The molecule has 0 spiro atoms. The minimum Gasteiger partial charge on any atom is -0.364 e. The van der Waals surface area contributed by atoms with Gasteiger partial charge in [-0.15, -0.1) is 0 Å². The predicted octanol–water partition coefficient (Wildman–Crippen LogP) is -0.476. The smallest absolute Gasteiger partial charge is 0.249 e. The van der Waals surface area contributed by atoms with E-state index in [1.165, 1.54) is 0 Å². The third-order valence-electron chi connectivity index (χ3n) is 2.76. The van der Waals surface area contributed by atoms with Gasteiger partial charge in [0.1, 0.15) is 6.10 Å². The van der Waals surface area contributed by atoms with Crippen LogP contribution in [0.4, 0.5) is 0 Å². The van der Waals surface area contributed by atoms with E-state index in [0.29, 0.717) is 19.5 Å². The van der Waals surface area contributed by atoms with E-state index in [9.17, 15) is 9.59 Å². The third-order valence-corrected chi connectivity index (χ3v) is 2.76. The van der Waals surface area contributed by atoms with Crippen LogP contribution in [0.15, 0.2) is 0 Å². The summed E-state index contributed by atoms with van der Waals surface area (Å²) in [6.07, 6.45) is 1.39. The zero-order valence-corrected chi connectivity index (χ0v) is 11.1. The van der Waals surface area contributed by atoms with Gasteiger partial charge >= 0.3 is 0 Å². The Hall–Kier alpha value is -1.14. The number of hydrogen-bond donors (Lipinski definition) is 3. The van der Waals surface area contributed by atoms with Crippen LogP contribution >= 0.6 is 0 Å². The molecule has 1 saturated heterocycles. The molecule has 1 rings (SSSR count). The molecule has 6 heteroatoms. The number of ether oxygens (including phenoxy) is 1. The van der Waals surface area contributed by atoms with Crippen LogP contribution in [0.3, 0.4) is 0 Å². The Morgan fingerprint density at radius 3 is 2.67 bits per heavy atom. The molecule has 1 fully saturated rings. The molecule has 0 aromatic carbocycles. The summed E-state index contributed by atoms with van der Waals surface area (Å²) in [6.45, 7) is 4.58. The molecule has 0 saturated carbocycles. The highest BCUT2D eigenvalue weighted by Crippen LogP contribution is 2.18. The Balaban J connectivity index is 2.16. The summed E-state index contributed by atoms with van der Waals surface area (Å²) in [4.78, 5) is 23.0. The molecule has 0 bridgehead atoms. The first-order chi connectivity index (χ1) is 8.52. The van der Waals surface area contributed by atoms with Crippen molar-refractivity contribution in [3.63, 3.8) is 0 Å². The maximum absolute atomic E-state index is 11.7. The summed E-state index contributed by atoms with van der Waals surface area (Å²) in [5.41, 5.74) is 5.47. The molecule has 1 heterocycles. The quantitative estimate of drug-likeness (QED) is 0.599. The Morgan fingerprint density at radius 2 is 2.11 bits per heavy atom. The molecule has 0 aliphatic carbocycles. The fourth-order valence-corrected chi connectivity index (χ4v) is 1.88. The van der Waals surface area contributed by atoms with Crippen LogP contribution in [0.25, 0.3) is 0 Å². The van der Waals surface area contributed by atoms with Crippen molar-refractivity contribution in [2.24, 2.45) is 5.73 Å². The highest BCUT2D eigenvalue weighted by Gasteiger charge is 2.29. The number of carbonyl (C=O) groups excluding carboxylic acids is 2. The molecule has 0 unspecified atom stereocenters. The highest BCUT2D eigenvalue weighted by molar-refractivity contribution is 5.82. The highest BCUT2D eigenvalue weighted by atomic mass is 16.5. The van der Waals surface area contributed by atoms with Gasteiger partial charge in [-0.25, -0.2) is 0 Å². The van der Waals surface area contributed by atoms with Crippen molar-refractivity contribution in [3.05, 3.63) is 0 Å². The topological polar surface area (TPSA) is 93.5 Å². The molecule has 0 radical (unpaired) electrons. The van der Waals surface area contributed by atoms with Crippen LogP contribution in [0, 0.1) is 0 Å². The maximum atomic E-state index is 11.7. The van der Waals surface area contributed by atoms with Crippen molar-refractivity contribution in [3.8, 4) is 0 Å². The normalized spacial score (nSPS) is 23.1. The van der Waals surface area contributed by atoms with E-state index in [2.05, 4.69) is 10.6 Å². The van der Waals surface area contributed by atoms with Crippen molar-refractivity contribution in [2.45, 2.75) is 51.4 Å². The summed E-state index contributed by atoms with van der Waals surface area (Å²) in [5.74, 6) is -0.208. The van der Waals surface area contributed by atoms with Gasteiger partial charge < -0.3 is 21.1 Å². The van der Waals surface area contributed by atoms with E-state index in [1.54, 1.807) is 0 Å². The number of carbonyl (C=O) groups is 2. The average Bonchev–Trinajstić information content (AvgIpc) is 2.76. The van der Waals surface area contributed by atoms with Gasteiger partial charge in [-0.2, -0.15) is 0 Å². The first-order valence-electron chi connectivity index (χ1n) is 6.45. The van der Waals surface area contributed by atoms with Crippen LogP contribution in [-0.2, 0) is 14.3 Å². The molecule has 2 amide bonds. The monoisotopic (exact) mass is 257 g/mol. The minimum atomic E-state index is -0.410. The second-order valence-electron chi connectivity index (χ2n) is 4.82. The van der Waals surface area contributed by atoms with Crippen molar-refractivity contribution >= 4 is 11.8 Å². The maximum Gasteiger partial charge on any atom is 0.249 e. The zero-order valence-electron chi connectivity index (χ0n) is 11.1. The molecular formula is C12H23N3O3. The van der Waals surface area contributed by atoms with Gasteiger partial charge in [0, 0.05) is 25.6 Å². The molecule has 6 nitrogen and oxygen atoms in total. The van der Waals surface area contributed by atoms with E-state index >= 15 is 0 Å². The molecule has 1 aliphatic heterocycles. The van der Waals surface area contributed by atoms with Crippen LogP contribution in [0.5, 0.6) is 0 Å². The lowest BCUT2D eigenvalue weighted by atomic mass is 10.2. The predicted molar refractivity (Wildman–Crippen MR) is 67.9 cm³/mol. The van der Waals surface area contributed by atoms with E-state index in [4.69, 9.17) is 10.5 Å². The van der Waals surface area contributed by atoms with Crippen LogP contribution in [0.2, 0.25) is 0 Å². The summed E-state index contributed by atoms with van der Waals surface area (Å²) in [5, 5.41) is 5.47.